The fraction of sp³-hybridized carbons (Fsp3) is 0.929. The van der Waals surface area contributed by atoms with Gasteiger partial charge in [0.2, 0.25) is 0 Å². The Hall–Kier alpha value is -0.570. The third-order valence-electron chi connectivity index (χ3n) is 3.96. The maximum Gasteiger partial charge on any atom is 0.310 e. The molecule has 2 N–H and O–H groups in total. The van der Waals surface area contributed by atoms with Crippen LogP contribution in [0.3, 0.4) is 0 Å². The number of hydrogen-bond acceptors (Lipinski definition) is 2. The van der Waals surface area contributed by atoms with Crippen LogP contribution in [0.25, 0.3) is 0 Å². The summed E-state index contributed by atoms with van der Waals surface area (Å²) in [5.74, 6) is 0.190. The first-order valence-corrected chi connectivity index (χ1v) is 6.92. The van der Waals surface area contributed by atoms with Gasteiger partial charge in [-0.15, -0.1) is 0 Å². The van der Waals surface area contributed by atoms with Gasteiger partial charge in [-0.25, -0.2) is 0 Å². The summed E-state index contributed by atoms with van der Waals surface area (Å²) in [6, 6.07) is 0.529. The molecular weight excluding hydrogens is 214 g/mol. The van der Waals surface area contributed by atoms with Gasteiger partial charge in [0.1, 0.15) is 0 Å². The first-order chi connectivity index (χ1) is 7.95. The summed E-state index contributed by atoms with van der Waals surface area (Å²) in [5.41, 5.74) is -0.653. The zero-order valence-electron chi connectivity index (χ0n) is 11.5. The van der Waals surface area contributed by atoms with E-state index in [1.165, 1.54) is 38.5 Å². The van der Waals surface area contributed by atoms with E-state index in [0.29, 0.717) is 12.6 Å². The van der Waals surface area contributed by atoms with Crippen molar-refractivity contribution in [3.05, 3.63) is 0 Å². The summed E-state index contributed by atoms with van der Waals surface area (Å²) < 4.78 is 0. The van der Waals surface area contributed by atoms with Crippen molar-refractivity contribution in [1.82, 2.24) is 5.32 Å². The van der Waals surface area contributed by atoms with Crippen molar-refractivity contribution < 1.29 is 9.90 Å². The molecule has 0 aromatic carbocycles. The Morgan fingerprint density at radius 3 is 2.35 bits per heavy atom. The van der Waals surface area contributed by atoms with Crippen molar-refractivity contribution in [1.29, 1.82) is 0 Å². The fourth-order valence-electron chi connectivity index (χ4n) is 2.54. The Morgan fingerprint density at radius 1 is 1.29 bits per heavy atom. The molecule has 1 fully saturated rings. The topological polar surface area (TPSA) is 49.3 Å². The van der Waals surface area contributed by atoms with Crippen molar-refractivity contribution in [2.24, 2.45) is 11.3 Å². The number of aliphatic carboxylic acids is 1. The van der Waals surface area contributed by atoms with Crippen LogP contribution >= 0.6 is 0 Å². The van der Waals surface area contributed by atoms with Gasteiger partial charge in [-0.3, -0.25) is 4.79 Å². The summed E-state index contributed by atoms with van der Waals surface area (Å²) in [6.45, 7) is 6.39. The number of carboxylic acid groups (broad SMARTS) is 1. The Balaban J connectivity index is 2.25. The molecule has 0 aromatic heterocycles. The summed E-state index contributed by atoms with van der Waals surface area (Å²) >= 11 is 0. The quantitative estimate of drug-likeness (QED) is 0.751. The van der Waals surface area contributed by atoms with Gasteiger partial charge in [0.15, 0.2) is 0 Å². The molecule has 100 valence electrons. The smallest absolute Gasteiger partial charge is 0.310 e. The van der Waals surface area contributed by atoms with E-state index in [1.807, 2.05) is 0 Å². The molecule has 0 aromatic rings. The van der Waals surface area contributed by atoms with Crippen molar-refractivity contribution in [3.63, 3.8) is 0 Å². The van der Waals surface area contributed by atoms with Gasteiger partial charge in [-0.2, -0.15) is 0 Å². The zero-order valence-corrected chi connectivity index (χ0v) is 11.5. The molecule has 0 heterocycles. The molecular formula is C14H27NO2. The monoisotopic (exact) mass is 241 g/mol. The van der Waals surface area contributed by atoms with Crippen molar-refractivity contribution >= 4 is 5.97 Å². The maximum absolute atomic E-state index is 11.0. The van der Waals surface area contributed by atoms with E-state index in [4.69, 9.17) is 5.11 Å². The molecule has 0 aliphatic heterocycles. The van der Waals surface area contributed by atoms with E-state index >= 15 is 0 Å². The third kappa shape index (κ3) is 4.66. The van der Waals surface area contributed by atoms with E-state index in [2.05, 4.69) is 12.2 Å². The second-order valence-electron chi connectivity index (χ2n) is 6.08. The summed E-state index contributed by atoms with van der Waals surface area (Å²) in [4.78, 5) is 11.0. The van der Waals surface area contributed by atoms with Crippen LogP contribution in [0.1, 0.15) is 59.3 Å². The molecule has 0 unspecified atom stereocenters. The highest BCUT2D eigenvalue weighted by atomic mass is 16.4. The lowest BCUT2D eigenvalue weighted by molar-refractivity contribution is -0.146. The van der Waals surface area contributed by atoms with Crippen LogP contribution in [-0.2, 0) is 4.79 Å². The molecule has 0 radical (unpaired) electrons. The van der Waals surface area contributed by atoms with E-state index < -0.39 is 11.4 Å². The van der Waals surface area contributed by atoms with Gasteiger partial charge in [0.25, 0.3) is 0 Å². The highest BCUT2D eigenvalue weighted by Gasteiger charge is 2.28. The SMILES string of the molecule is CCCC1CCC(NCC(C)(C)C(=O)O)CC1. The molecule has 0 amide bonds. The second kappa shape index (κ2) is 6.39. The molecule has 1 rings (SSSR count). The van der Waals surface area contributed by atoms with Crippen LogP contribution in [-0.4, -0.2) is 23.7 Å². The lowest BCUT2D eigenvalue weighted by Gasteiger charge is -2.31. The molecule has 17 heavy (non-hydrogen) atoms. The second-order valence-corrected chi connectivity index (χ2v) is 6.08. The molecule has 1 saturated carbocycles. The van der Waals surface area contributed by atoms with Gasteiger partial charge in [-0.1, -0.05) is 19.8 Å². The summed E-state index contributed by atoms with van der Waals surface area (Å²) in [6.07, 6.45) is 7.67. The predicted molar refractivity (Wildman–Crippen MR) is 70.1 cm³/mol. The Kier molecular flexibility index (Phi) is 5.44. The lowest BCUT2D eigenvalue weighted by Crippen LogP contribution is -2.42. The highest BCUT2D eigenvalue weighted by Crippen LogP contribution is 2.28. The molecule has 0 spiro atoms. The van der Waals surface area contributed by atoms with E-state index in [1.54, 1.807) is 13.8 Å². The molecule has 3 nitrogen and oxygen atoms in total. The minimum absolute atomic E-state index is 0.529. The third-order valence-corrected chi connectivity index (χ3v) is 3.96. The minimum Gasteiger partial charge on any atom is -0.481 e. The Labute approximate surface area is 105 Å². The number of carboxylic acids is 1. The molecule has 0 bridgehead atoms. The molecule has 1 aliphatic rings. The molecule has 0 saturated heterocycles. The first kappa shape index (κ1) is 14.5. The number of hydrogen-bond donors (Lipinski definition) is 2. The van der Waals surface area contributed by atoms with Crippen LogP contribution in [0.2, 0.25) is 0 Å². The predicted octanol–water partition coefficient (Wildman–Crippen LogP) is 3.05. The van der Waals surface area contributed by atoms with Gasteiger partial charge in [0, 0.05) is 12.6 Å². The van der Waals surface area contributed by atoms with Gasteiger partial charge >= 0.3 is 5.97 Å². The Bertz CT molecular complexity index is 243. The molecule has 0 atom stereocenters. The minimum atomic E-state index is -0.718. The lowest BCUT2D eigenvalue weighted by atomic mass is 9.83. The van der Waals surface area contributed by atoms with Crippen LogP contribution in [0.5, 0.6) is 0 Å². The van der Waals surface area contributed by atoms with E-state index in [-0.39, 0.29) is 0 Å². The van der Waals surface area contributed by atoms with Crippen LogP contribution in [0, 0.1) is 11.3 Å². The van der Waals surface area contributed by atoms with Gasteiger partial charge in [0.05, 0.1) is 5.41 Å². The number of rotatable bonds is 6. The standard InChI is InChI=1S/C14H27NO2/c1-4-5-11-6-8-12(9-7-11)15-10-14(2,3)13(16)17/h11-12,15H,4-10H2,1-3H3,(H,16,17). The van der Waals surface area contributed by atoms with Crippen LogP contribution in [0.15, 0.2) is 0 Å². The zero-order chi connectivity index (χ0) is 12.9. The fourth-order valence-corrected chi connectivity index (χ4v) is 2.54. The summed E-state index contributed by atoms with van der Waals surface area (Å²) in [7, 11) is 0. The number of carbonyl (C=O) groups is 1. The maximum atomic E-state index is 11.0. The molecule has 1 aliphatic carbocycles. The van der Waals surface area contributed by atoms with Gasteiger partial charge in [-0.05, 0) is 45.4 Å². The van der Waals surface area contributed by atoms with Crippen LogP contribution in [0.4, 0.5) is 0 Å². The average Bonchev–Trinajstić information content (AvgIpc) is 2.28. The largest absolute Gasteiger partial charge is 0.481 e. The van der Waals surface area contributed by atoms with Gasteiger partial charge < -0.3 is 10.4 Å². The molecule has 3 heteroatoms. The summed E-state index contributed by atoms with van der Waals surface area (Å²) in [5, 5.41) is 12.5. The number of nitrogens with one attached hydrogen (secondary N) is 1. The normalized spacial score (nSPS) is 25.8. The van der Waals surface area contributed by atoms with Crippen LogP contribution < -0.4 is 5.32 Å². The average molecular weight is 241 g/mol. The first-order valence-electron chi connectivity index (χ1n) is 6.92. The highest BCUT2D eigenvalue weighted by molar-refractivity contribution is 5.73. The Morgan fingerprint density at radius 2 is 1.88 bits per heavy atom. The van der Waals surface area contributed by atoms with Crippen molar-refractivity contribution in [3.8, 4) is 0 Å². The van der Waals surface area contributed by atoms with E-state index in [9.17, 15) is 4.79 Å². The van der Waals surface area contributed by atoms with Crippen molar-refractivity contribution in [2.45, 2.75) is 65.3 Å². The van der Waals surface area contributed by atoms with Crippen molar-refractivity contribution in [2.75, 3.05) is 6.54 Å². The van der Waals surface area contributed by atoms with E-state index in [0.717, 1.165) is 5.92 Å².